The van der Waals surface area contributed by atoms with Crippen LogP contribution in [0.15, 0.2) is 22.7 Å². The number of benzene rings is 1. The molecule has 6 heteroatoms. The van der Waals surface area contributed by atoms with Gasteiger partial charge in [0, 0.05) is 22.8 Å². The number of imidazole rings is 1. The Bertz CT molecular complexity index is 856. The highest BCUT2D eigenvalue weighted by Gasteiger charge is 2.12. The molecule has 3 rings (SSSR count). The Hall–Kier alpha value is -1.40. The second kappa shape index (κ2) is 4.86. The molecule has 104 valence electrons. The highest BCUT2D eigenvalue weighted by molar-refractivity contribution is 9.10. The highest BCUT2D eigenvalue weighted by Crippen LogP contribution is 2.22. The van der Waals surface area contributed by atoms with E-state index >= 15 is 0 Å². The van der Waals surface area contributed by atoms with Crippen molar-refractivity contribution in [1.82, 2.24) is 19.3 Å². The predicted molar refractivity (Wildman–Crippen MR) is 86.6 cm³/mol. The maximum atomic E-state index is 5.45. The lowest BCUT2D eigenvalue weighted by Gasteiger charge is -2.05. The van der Waals surface area contributed by atoms with Gasteiger partial charge in [-0.15, -0.1) is 0 Å². The van der Waals surface area contributed by atoms with Crippen molar-refractivity contribution >= 4 is 39.2 Å². The van der Waals surface area contributed by atoms with Crippen molar-refractivity contribution in [3.63, 3.8) is 0 Å². The fraction of sp³-hybridized carbons (Fsp3) is 0.286. The number of aromatic amines is 1. The van der Waals surface area contributed by atoms with Gasteiger partial charge in [0.1, 0.15) is 0 Å². The van der Waals surface area contributed by atoms with Gasteiger partial charge in [-0.25, -0.2) is 0 Å². The zero-order valence-electron chi connectivity index (χ0n) is 11.6. The molecule has 0 saturated heterocycles. The van der Waals surface area contributed by atoms with Crippen LogP contribution < -0.4 is 0 Å². The lowest BCUT2D eigenvalue weighted by atomic mass is 10.2. The lowest BCUT2D eigenvalue weighted by molar-refractivity contribution is 0.727. The summed E-state index contributed by atoms with van der Waals surface area (Å²) in [5, 5.41) is 4.47. The third-order valence-electron chi connectivity index (χ3n) is 3.71. The Morgan fingerprint density at radius 3 is 2.75 bits per heavy atom. The van der Waals surface area contributed by atoms with E-state index in [1.165, 1.54) is 11.3 Å². The molecule has 0 saturated carbocycles. The van der Waals surface area contributed by atoms with Crippen molar-refractivity contribution in [3.8, 4) is 0 Å². The van der Waals surface area contributed by atoms with E-state index in [0.717, 1.165) is 32.5 Å². The van der Waals surface area contributed by atoms with Gasteiger partial charge in [-0.1, -0.05) is 15.9 Å². The molecule has 3 aromatic rings. The van der Waals surface area contributed by atoms with Crippen LogP contribution >= 0.6 is 28.1 Å². The van der Waals surface area contributed by atoms with Gasteiger partial charge >= 0.3 is 0 Å². The van der Waals surface area contributed by atoms with E-state index in [-0.39, 0.29) is 0 Å². The predicted octanol–water partition coefficient (Wildman–Crippen LogP) is 3.86. The summed E-state index contributed by atoms with van der Waals surface area (Å²) in [6.07, 6.45) is 0. The molecule has 0 unspecified atom stereocenters. The summed E-state index contributed by atoms with van der Waals surface area (Å²) in [7, 11) is 1.97. The number of nitrogens with zero attached hydrogens (tertiary/aromatic N) is 3. The molecule has 20 heavy (non-hydrogen) atoms. The Kier molecular flexibility index (Phi) is 3.30. The van der Waals surface area contributed by atoms with Crippen molar-refractivity contribution in [2.24, 2.45) is 7.05 Å². The van der Waals surface area contributed by atoms with Crippen molar-refractivity contribution in [2.75, 3.05) is 0 Å². The van der Waals surface area contributed by atoms with Crippen LogP contribution in [0.4, 0.5) is 0 Å². The minimum atomic E-state index is 0.737. The first kappa shape index (κ1) is 13.6. The van der Waals surface area contributed by atoms with E-state index < -0.39 is 0 Å². The summed E-state index contributed by atoms with van der Waals surface area (Å²) in [4.78, 5) is 3.25. The van der Waals surface area contributed by atoms with Crippen LogP contribution in [0.2, 0.25) is 0 Å². The number of aromatic nitrogens is 4. The molecule has 2 aromatic heterocycles. The van der Waals surface area contributed by atoms with E-state index in [2.05, 4.69) is 43.6 Å². The van der Waals surface area contributed by atoms with Crippen molar-refractivity contribution in [3.05, 3.63) is 44.4 Å². The number of aryl methyl sites for hydroxylation is 2. The maximum Gasteiger partial charge on any atom is 0.178 e. The van der Waals surface area contributed by atoms with Crippen LogP contribution in [0.3, 0.4) is 0 Å². The fourth-order valence-electron chi connectivity index (χ4n) is 2.50. The van der Waals surface area contributed by atoms with Crippen molar-refractivity contribution in [1.29, 1.82) is 0 Å². The molecule has 4 nitrogen and oxygen atoms in total. The third-order valence-corrected chi connectivity index (χ3v) is 4.53. The molecule has 1 N–H and O–H groups in total. The Balaban J connectivity index is 2.16. The number of H-pyrrole nitrogens is 1. The van der Waals surface area contributed by atoms with Crippen LogP contribution in [-0.4, -0.2) is 19.3 Å². The van der Waals surface area contributed by atoms with Gasteiger partial charge in [0.05, 0.1) is 23.3 Å². The van der Waals surface area contributed by atoms with E-state index in [4.69, 9.17) is 12.2 Å². The van der Waals surface area contributed by atoms with E-state index in [1.54, 1.807) is 0 Å². The summed E-state index contributed by atoms with van der Waals surface area (Å²) >= 11 is 8.94. The first-order valence-corrected chi connectivity index (χ1v) is 7.54. The molecule has 0 spiro atoms. The Labute approximate surface area is 130 Å². The fourth-order valence-corrected chi connectivity index (χ4v) is 3.13. The molecule has 0 bridgehead atoms. The molecule has 0 aliphatic rings. The molecule has 0 aliphatic carbocycles. The largest absolute Gasteiger partial charge is 0.331 e. The van der Waals surface area contributed by atoms with Crippen LogP contribution in [0.25, 0.3) is 11.0 Å². The van der Waals surface area contributed by atoms with Gasteiger partial charge in [-0.2, -0.15) is 5.10 Å². The first-order valence-electron chi connectivity index (χ1n) is 6.34. The average Bonchev–Trinajstić information content (AvgIpc) is 2.81. The van der Waals surface area contributed by atoms with Gasteiger partial charge < -0.3 is 9.55 Å². The van der Waals surface area contributed by atoms with E-state index in [9.17, 15) is 0 Å². The molecular formula is C14H15BrN4S. The number of halogens is 1. The summed E-state index contributed by atoms with van der Waals surface area (Å²) < 4.78 is 5.82. The first-order chi connectivity index (χ1) is 9.47. The number of fused-ring (bicyclic) bond motifs is 1. The minimum Gasteiger partial charge on any atom is -0.331 e. The van der Waals surface area contributed by atoms with Crippen LogP contribution in [-0.2, 0) is 13.6 Å². The molecule has 0 radical (unpaired) electrons. The second-order valence-electron chi connectivity index (χ2n) is 4.95. The summed E-state index contributed by atoms with van der Waals surface area (Å²) in [5.41, 5.74) is 5.62. The number of rotatable bonds is 2. The highest BCUT2D eigenvalue weighted by atomic mass is 79.9. The standard InChI is InChI=1S/C14H15BrN4S/c1-8-11(9(2)18(3)17-8)7-19-13-5-4-10(15)6-12(13)16-14(19)20/h4-6H,7H2,1-3H3,(H,16,20). The molecular weight excluding hydrogens is 336 g/mol. The van der Waals surface area contributed by atoms with Crippen molar-refractivity contribution < 1.29 is 0 Å². The SMILES string of the molecule is Cc1nn(C)c(C)c1Cn1c(=S)[nH]c2cc(Br)ccc21. The average molecular weight is 351 g/mol. The molecule has 2 heterocycles. The van der Waals surface area contributed by atoms with Crippen LogP contribution in [0.5, 0.6) is 0 Å². The topological polar surface area (TPSA) is 38.5 Å². The zero-order chi connectivity index (χ0) is 14.4. The van der Waals surface area contributed by atoms with Gasteiger partial charge in [0.2, 0.25) is 0 Å². The quantitative estimate of drug-likeness (QED) is 0.712. The monoisotopic (exact) mass is 350 g/mol. The third kappa shape index (κ3) is 2.13. The van der Waals surface area contributed by atoms with E-state index in [1.807, 2.05) is 30.8 Å². The lowest BCUT2D eigenvalue weighted by Crippen LogP contribution is -2.02. The summed E-state index contributed by atoms with van der Waals surface area (Å²) in [6, 6.07) is 6.15. The zero-order valence-corrected chi connectivity index (χ0v) is 14.0. The van der Waals surface area contributed by atoms with Crippen LogP contribution in [0.1, 0.15) is 17.0 Å². The Morgan fingerprint density at radius 1 is 1.35 bits per heavy atom. The molecule has 0 fully saturated rings. The van der Waals surface area contributed by atoms with Crippen LogP contribution in [0, 0.1) is 18.6 Å². The van der Waals surface area contributed by atoms with Gasteiger partial charge in [0.15, 0.2) is 4.77 Å². The minimum absolute atomic E-state index is 0.737. The normalized spacial score (nSPS) is 11.4. The van der Waals surface area contributed by atoms with Gasteiger partial charge in [-0.05, 0) is 44.3 Å². The summed E-state index contributed by atoms with van der Waals surface area (Å²) in [6.45, 7) is 4.87. The molecule has 1 aromatic carbocycles. The number of hydrogen-bond donors (Lipinski definition) is 1. The molecule has 0 amide bonds. The Morgan fingerprint density at radius 2 is 2.10 bits per heavy atom. The van der Waals surface area contributed by atoms with Gasteiger partial charge in [0.25, 0.3) is 0 Å². The smallest absolute Gasteiger partial charge is 0.178 e. The van der Waals surface area contributed by atoms with Gasteiger partial charge in [-0.3, -0.25) is 4.68 Å². The van der Waals surface area contributed by atoms with E-state index in [0.29, 0.717) is 0 Å². The van der Waals surface area contributed by atoms with Crippen molar-refractivity contribution in [2.45, 2.75) is 20.4 Å². The summed E-state index contributed by atoms with van der Waals surface area (Å²) in [5.74, 6) is 0. The second-order valence-corrected chi connectivity index (χ2v) is 6.25. The molecule has 0 aliphatic heterocycles. The molecule has 0 atom stereocenters. The number of hydrogen-bond acceptors (Lipinski definition) is 2. The maximum absolute atomic E-state index is 5.45. The number of nitrogens with one attached hydrogen (secondary N) is 1.